The molecule has 1 spiro atoms. The third kappa shape index (κ3) is 1.63. The van der Waals surface area contributed by atoms with Crippen molar-refractivity contribution in [2.45, 2.75) is 25.7 Å². The Bertz CT molecular complexity index is 394. The highest BCUT2D eigenvalue weighted by Crippen LogP contribution is 2.53. The minimum Gasteiger partial charge on any atom is -0.504 e. The average molecular weight is 238 g/mol. The largest absolute Gasteiger partial charge is 0.504 e. The second-order valence-corrected chi connectivity index (χ2v) is 4.48. The first-order chi connectivity index (χ1) is 8.19. The van der Waals surface area contributed by atoms with E-state index in [4.69, 9.17) is 14.2 Å². The molecule has 0 heterocycles. The lowest BCUT2D eigenvalue weighted by Gasteiger charge is -2.23. The number of carbonyl (C=O) groups excluding carboxylic acids is 1. The van der Waals surface area contributed by atoms with Crippen LogP contribution in [0.15, 0.2) is 23.4 Å². The molecular formula is C13H18O4. The van der Waals surface area contributed by atoms with Gasteiger partial charge in [-0.1, -0.05) is 0 Å². The molecule has 2 aliphatic carbocycles. The molecule has 17 heavy (non-hydrogen) atoms. The highest BCUT2D eigenvalue weighted by molar-refractivity contribution is 6.03. The smallest absolute Gasteiger partial charge is 0.211 e. The molecule has 0 aromatic rings. The van der Waals surface area contributed by atoms with Gasteiger partial charge < -0.3 is 14.2 Å². The molecule has 94 valence electrons. The fourth-order valence-electron chi connectivity index (χ4n) is 2.91. The van der Waals surface area contributed by atoms with Crippen LogP contribution in [-0.2, 0) is 19.0 Å². The van der Waals surface area contributed by atoms with Gasteiger partial charge in [0, 0.05) is 6.42 Å². The lowest BCUT2D eigenvalue weighted by atomic mass is 9.79. The van der Waals surface area contributed by atoms with Crippen LogP contribution in [0, 0.1) is 5.41 Å². The molecule has 0 saturated heterocycles. The molecule has 0 aromatic heterocycles. The Morgan fingerprint density at radius 1 is 1.24 bits per heavy atom. The molecule has 0 aromatic carbocycles. The number of hydrogen-bond donors (Lipinski definition) is 0. The normalized spacial score (nSPS) is 30.5. The molecular weight excluding hydrogens is 220 g/mol. The minimum absolute atomic E-state index is 0.0395. The van der Waals surface area contributed by atoms with Crippen LogP contribution in [0.5, 0.6) is 0 Å². The van der Waals surface area contributed by atoms with E-state index in [1.807, 2.05) is 0 Å². The molecule has 0 amide bonds. The summed E-state index contributed by atoms with van der Waals surface area (Å²) in [7, 11) is 4.70. The molecule has 4 nitrogen and oxygen atoms in total. The summed E-state index contributed by atoms with van der Waals surface area (Å²) in [6.45, 7) is 0. The van der Waals surface area contributed by atoms with Gasteiger partial charge >= 0.3 is 0 Å². The van der Waals surface area contributed by atoms with Crippen LogP contribution < -0.4 is 0 Å². The fraction of sp³-hybridized carbons (Fsp3) is 0.615. The number of carbonyl (C=O) groups is 1. The zero-order chi connectivity index (χ0) is 12.5. The molecule has 1 unspecified atom stereocenters. The maximum absolute atomic E-state index is 12.5. The van der Waals surface area contributed by atoms with E-state index >= 15 is 0 Å². The SMILES string of the molecule is CO/C=C1\CCCC12CC(OC)=C(OC)C2=O. The first-order valence-electron chi connectivity index (χ1n) is 5.78. The van der Waals surface area contributed by atoms with Gasteiger partial charge in [0.1, 0.15) is 5.76 Å². The summed E-state index contributed by atoms with van der Waals surface area (Å²) in [5.74, 6) is 1.07. The van der Waals surface area contributed by atoms with Crippen LogP contribution >= 0.6 is 0 Å². The number of allylic oxidation sites excluding steroid dienone is 3. The maximum Gasteiger partial charge on any atom is 0.211 e. The van der Waals surface area contributed by atoms with Crippen molar-refractivity contribution in [3.05, 3.63) is 23.4 Å². The summed E-state index contributed by atoms with van der Waals surface area (Å²) in [5, 5.41) is 0. The molecule has 2 aliphatic rings. The number of hydrogen-bond acceptors (Lipinski definition) is 4. The number of Topliss-reactive ketones (excluding diaryl/α,β-unsaturated/α-hetero) is 1. The molecule has 0 aliphatic heterocycles. The zero-order valence-electron chi connectivity index (χ0n) is 10.5. The van der Waals surface area contributed by atoms with E-state index in [1.54, 1.807) is 20.5 Å². The first kappa shape index (κ1) is 12.0. The van der Waals surface area contributed by atoms with Gasteiger partial charge in [-0.2, -0.15) is 0 Å². The Morgan fingerprint density at radius 2 is 2.00 bits per heavy atom. The molecule has 0 bridgehead atoms. The predicted octanol–water partition coefficient (Wildman–Crippen LogP) is 2.16. The van der Waals surface area contributed by atoms with Crippen molar-refractivity contribution >= 4 is 5.78 Å². The molecule has 1 saturated carbocycles. The Kier molecular flexibility index (Phi) is 3.13. The molecule has 1 fully saturated rings. The van der Waals surface area contributed by atoms with Crippen molar-refractivity contribution in [2.75, 3.05) is 21.3 Å². The number of ether oxygens (including phenoxy) is 3. The molecule has 1 atom stereocenters. The molecule has 2 rings (SSSR count). The Morgan fingerprint density at radius 3 is 2.53 bits per heavy atom. The van der Waals surface area contributed by atoms with Gasteiger partial charge in [0.15, 0.2) is 0 Å². The fourth-order valence-corrected chi connectivity index (χ4v) is 2.91. The maximum atomic E-state index is 12.5. The van der Waals surface area contributed by atoms with Crippen molar-refractivity contribution in [3.8, 4) is 0 Å². The average Bonchev–Trinajstić information content (AvgIpc) is 2.85. The van der Waals surface area contributed by atoms with Gasteiger partial charge in [0.25, 0.3) is 0 Å². The number of rotatable bonds is 3. The van der Waals surface area contributed by atoms with E-state index in [2.05, 4.69) is 0 Å². The van der Waals surface area contributed by atoms with Crippen LogP contribution in [0.3, 0.4) is 0 Å². The minimum atomic E-state index is -0.466. The van der Waals surface area contributed by atoms with Crippen molar-refractivity contribution < 1.29 is 19.0 Å². The monoisotopic (exact) mass is 238 g/mol. The Labute approximate surface area is 101 Å². The first-order valence-corrected chi connectivity index (χ1v) is 5.78. The lowest BCUT2D eigenvalue weighted by molar-refractivity contribution is -0.124. The standard InChI is InChI=1S/C13H18O4/c1-15-8-9-5-4-6-13(9)7-10(16-2)11(17-3)12(13)14/h8H,4-7H2,1-3H3/b9-8+. The molecule has 0 radical (unpaired) electrons. The quantitative estimate of drug-likeness (QED) is 0.707. The summed E-state index contributed by atoms with van der Waals surface area (Å²) in [5.41, 5.74) is 0.596. The second-order valence-electron chi connectivity index (χ2n) is 4.48. The van der Waals surface area contributed by atoms with Gasteiger partial charge in [0.05, 0.1) is 33.0 Å². The van der Waals surface area contributed by atoms with E-state index in [1.165, 1.54) is 7.11 Å². The summed E-state index contributed by atoms with van der Waals surface area (Å²) in [6, 6.07) is 0. The predicted molar refractivity (Wildman–Crippen MR) is 62.0 cm³/mol. The van der Waals surface area contributed by atoms with Gasteiger partial charge in [-0.3, -0.25) is 4.79 Å². The highest BCUT2D eigenvalue weighted by atomic mass is 16.5. The van der Waals surface area contributed by atoms with Gasteiger partial charge in [-0.15, -0.1) is 0 Å². The topological polar surface area (TPSA) is 44.8 Å². The van der Waals surface area contributed by atoms with Crippen LogP contribution in [0.4, 0.5) is 0 Å². The van der Waals surface area contributed by atoms with E-state index in [-0.39, 0.29) is 5.78 Å². The Hall–Kier alpha value is -1.45. The lowest BCUT2D eigenvalue weighted by Crippen LogP contribution is -2.26. The van der Waals surface area contributed by atoms with Crippen LogP contribution in [0.1, 0.15) is 25.7 Å². The summed E-state index contributed by atoms with van der Waals surface area (Å²) in [4.78, 5) is 12.5. The number of ketones is 1. The van der Waals surface area contributed by atoms with Crippen LogP contribution in [0.2, 0.25) is 0 Å². The van der Waals surface area contributed by atoms with Crippen molar-refractivity contribution in [2.24, 2.45) is 5.41 Å². The summed E-state index contributed by atoms with van der Waals surface area (Å²) < 4.78 is 15.5. The van der Waals surface area contributed by atoms with Crippen molar-refractivity contribution in [1.82, 2.24) is 0 Å². The molecule has 4 heteroatoms. The van der Waals surface area contributed by atoms with E-state index < -0.39 is 5.41 Å². The second kappa shape index (κ2) is 4.43. The highest BCUT2D eigenvalue weighted by Gasteiger charge is 2.53. The van der Waals surface area contributed by atoms with Gasteiger partial charge in [0.2, 0.25) is 11.5 Å². The van der Waals surface area contributed by atoms with E-state index in [9.17, 15) is 4.79 Å². The summed E-state index contributed by atoms with van der Waals surface area (Å²) in [6.07, 6.45) is 5.07. The third-order valence-electron chi connectivity index (χ3n) is 3.73. The number of methoxy groups -OCH3 is 3. The van der Waals surface area contributed by atoms with Gasteiger partial charge in [-0.05, 0) is 24.8 Å². The Balaban J connectivity index is 2.37. The van der Waals surface area contributed by atoms with Crippen molar-refractivity contribution in [3.63, 3.8) is 0 Å². The molecule has 0 N–H and O–H groups in total. The van der Waals surface area contributed by atoms with Crippen LogP contribution in [-0.4, -0.2) is 27.1 Å². The van der Waals surface area contributed by atoms with Crippen LogP contribution in [0.25, 0.3) is 0 Å². The third-order valence-corrected chi connectivity index (χ3v) is 3.73. The summed E-state index contributed by atoms with van der Waals surface area (Å²) >= 11 is 0. The van der Waals surface area contributed by atoms with Crippen molar-refractivity contribution in [1.29, 1.82) is 0 Å². The van der Waals surface area contributed by atoms with E-state index in [0.717, 1.165) is 24.8 Å². The van der Waals surface area contributed by atoms with Gasteiger partial charge in [-0.25, -0.2) is 0 Å². The zero-order valence-corrected chi connectivity index (χ0v) is 10.5. The van der Waals surface area contributed by atoms with E-state index in [0.29, 0.717) is 17.9 Å².